The molecule has 0 aliphatic carbocycles. The number of likely N-dealkylation sites (tertiary alicyclic amines) is 1. The molecule has 1 aliphatic heterocycles. The minimum Gasteiger partial charge on any atom is -0.384 e. The average molecular weight is 476 g/mol. The summed E-state index contributed by atoms with van der Waals surface area (Å²) in [4.78, 5) is 25.3. The van der Waals surface area contributed by atoms with Gasteiger partial charge < -0.3 is 21.4 Å². The number of amides is 1. The van der Waals surface area contributed by atoms with Crippen molar-refractivity contribution < 1.29 is 9.18 Å². The maximum absolute atomic E-state index is 13.4. The van der Waals surface area contributed by atoms with Gasteiger partial charge in [-0.05, 0) is 36.6 Å². The first-order chi connectivity index (χ1) is 16.9. The van der Waals surface area contributed by atoms with E-state index in [1.807, 2.05) is 18.3 Å². The predicted octanol–water partition coefficient (Wildman–Crippen LogP) is 2.39. The van der Waals surface area contributed by atoms with E-state index in [2.05, 4.69) is 36.6 Å². The number of amidine groups is 1. The van der Waals surface area contributed by atoms with Crippen molar-refractivity contribution in [1.82, 2.24) is 25.2 Å². The van der Waals surface area contributed by atoms with E-state index >= 15 is 0 Å². The summed E-state index contributed by atoms with van der Waals surface area (Å²) in [5, 5.41) is 24.7. The second kappa shape index (κ2) is 10.3. The topological polar surface area (TPSA) is 160 Å². The standard InChI is InChI=1S/C24H26FN9O/c25-20-13-17(2-9-29-20)33-21(27)19(22(28)35)14-32-24(4-7-26)5-11-34(12-6-24)15-16-1-8-30-23-18(16)3-10-31-23/h1-3,8-10,13-14,32H,4-6,11-12,15H2,(H2,28,35)(H,30,31)(H2,27,29,33)/b19-14+. The van der Waals surface area contributed by atoms with E-state index in [9.17, 15) is 14.4 Å². The Morgan fingerprint density at radius 3 is 2.80 bits per heavy atom. The third-order valence-electron chi connectivity index (χ3n) is 6.23. The maximum atomic E-state index is 13.4. The van der Waals surface area contributed by atoms with Gasteiger partial charge in [0.05, 0.1) is 23.6 Å². The van der Waals surface area contributed by atoms with Crippen LogP contribution in [0.5, 0.6) is 0 Å². The van der Waals surface area contributed by atoms with E-state index in [0.717, 1.165) is 36.7 Å². The van der Waals surface area contributed by atoms with Crippen molar-refractivity contribution >= 4 is 28.5 Å². The Balaban J connectivity index is 1.43. The highest BCUT2D eigenvalue weighted by Crippen LogP contribution is 2.28. The third kappa shape index (κ3) is 5.62. The number of pyridine rings is 2. The summed E-state index contributed by atoms with van der Waals surface area (Å²) in [6, 6.07) is 8.85. The Kier molecular flexibility index (Phi) is 7.03. The minimum absolute atomic E-state index is 0.103. The van der Waals surface area contributed by atoms with Crippen LogP contribution in [0.2, 0.25) is 0 Å². The summed E-state index contributed by atoms with van der Waals surface area (Å²) in [6.45, 7) is 2.25. The van der Waals surface area contributed by atoms with Crippen LogP contribution in [-0.4, -0.2) is 50.2 Å². The number of carbonyl (C=O) groups is 1. The lowest BCUT2D eigenvalue weighted by Gasteiger charge is -2.41. The first-order valence-corrected chi connectivity index (χ1v) is 11.1. The van der Waals surface area contributed by atoms with Crippen LogP contribution >= 0.6 is 0 Å². The molecule has 6 N–H and O–H groups in total. The summed E-state index contributed by atoms with van der Waals surface area (Å²) in [7, 11) is 0. The summed E-state index contributed by atoms with van der Waals surface area (Å²) < 4.78 is 13.4. The largest absolute Gasteiger partial charge is 0.384 e. The van der Waals surface area contributed by atoms with Gasteiger partial charge in [-0.15, -0.1) is 0 Å². The number of carbonyl (C=O) groups excluding carboxylic acids is 1. The molecule has 0 saturated carbocycles. The molecule has 0 bridgehead atoms. The van der Waals surface area contributed by atoms with Gasteiger partial charge in [-0.25, -0.2) is 9.97 Å². The van der Waals surface area contributed by atoms with Crippen LogP contribution in [0, 0.1) is 22.7 Å². The van der Waals surface area contributed by atoms with Crippen LogP contribution in [-0.2, 0) is 11.3 Å². The van der Waals surface area contributed by atoms with E-state index in [1.54, 1.807) is 6.20 Å². The van der Waals surface area contributed by atoms with Crippen molar-refractivity contribution in [3.8, 4) is 6.07 Å². The number of aromatic nitrogens is 3. The Morgan fingerprint density at radius 1 is 1.31 bits per heavy atom. The summed E-state index contributed by atoms with van der Waals surface area (Å²) in [5.41, 5.74) is 7.14. The first kappa shape index (κ1) is 23.8. The summed E-state index contributed by atoms with van der Waals surface area (Å²) in [5.74, 6) is -1.81. The van der Waals surface area contributed by atoms with E-state index in [-0.39, 0.29) is 23.5 Å². The number of rotatable bonds is 8. The van der Waals surface area contributed by atoms with Crippen molar-refractivity contribution in [1.29, 1.82) is 10.7 Å². The Bertz CT molecular complexity index is 1300. The van der Waals surface area contributed by atoms with Gasteiger partial charge in [0.1, 0.15) is 11.5 Å². The minimum atomic E-state index is -0.817. The zero-order valence-corrected chi connectivity index (χ0v) is 19.0. The Hall–Kier alpha value is -4.30. The second-order valence-electron chi connectivity index (χ2n) is 8.54. The molecular weight excluding hydrogens is 449 g/mol. The molecule has 1 fully saturated rings. The van der Waals surface area contributed by atoms with Crippen LogP contribution in [0.4, 0.5) is 10.1 Å². The number of fused-ring (bicyclic) bond motifs is 1. The third-order valence-corrected chi connectivity index (χ3v) is 6.23. The number of hydrogen-bond donors (Lipinski definition) is 5. The number of nitrogens with one attached hydrogen (secondary N) is 4. The van der Waals surface area contributed by atoms with Crippen LogP contribution in [0.15, 0.2) is 54.6 Å². The second-order valence-corrected chi connectivity index (χ2v) is 8.54. The fourth-order valence-electron chi connectivity index (χ4n) is 4.24. The van der Waals surface area contributed by atoms with Gasteiger partial charge in [-0.1, -0.05) is 0 Å². The van der Waals surface area contributed by atoms with Crippen molar-refractivity contribution in [2.24, 2.45) is 5.73 Å². The molecule has 1 saturated heterocycles. The lowest BCUT2D eigenvalue weighted by atomic mass is 9.84. The van der Waals surface area contributed by atoms with Crippen molar-refractivity contribution in [2.45, 2.75) is 31.3 Å². The number of nitrogens with zero attached hydrogens (tertiary/aromatic N) is 4. The molecule has 1 aliphatic rings. The van der Waals surface area contributed by atoms with Crippen molar-refractivity contribution in [2.75, 3.05) is 18.4 Å². The molecule has 3 aromatic heterocycles. The number of nitrogens with two attached hydrogens (primary N) is 1. The summed E-state index contributed by atoms with van der Waals surface area (Å²) in [6.07, 6.45) is 7.87. The lowest BCUT2D eigenvalue weighted by Crippen LogP contribution is -2.51. The molecule has 11 heteroatoms. The van der Waals surface area contributed by atoms with Crippen molar-refractivity contribution in [3.63, 3.8) is 0 Å². The quantitative estimate of drug-likeness (QED) is 0.145. The van der Waals surface area contributed by atoms with E-state index < -0.39 is 17.4 Å². The first-order valence-electron chi connectivity index (χ1n) is 11.1. The number of halogens is 1. The number of aromatic amines is 1. The molecule has 0 spiro atoms. The Labute approximate surface area is 201 Å². The molecule has 4 heterocycles. The zero-order valence-electron chi connectivity index (χ0n) is 19.0. The number of anilines is 1. The maximum Gasteiger partial charge on any atom is 0.253 e. The predicted molar refractivity (Wildman–Crippen MR) is 130 cm³/mol. The Morgan fingerprint density at radius 2 is 2.09 bits per heavy atom. The number of piperidine rings is 1. The highest BCUT2D eigenvalue weighted by atomic mass is 19.1. The SMILES string of the molecule is N#CCC1(N/C=C(\C(=N)Nc2ccnc(F)c2)C(N)=O)CCN(Cc2ccnc3[nH]ccc23)CC1. The molecule has 0 unspecified atom stereocenters. The van der Waals surface area contributed by atoms with Gasteiger partial charge >= 0.3 is 0 Å². The van der Waals surface area contributed by atoms with Crippen LogP contribution < -0.4 is 16.4 Å². The van der Waals surface area contributed by atoms with Gasteiger partial charge in [0, 0.05) is 61.6 Å². The normalized spacial score (nSPS) is 15.9. The summed E-state index contributed by atoms with van der Waals surface area (Å²) >= 11 is 0. The highest BCUT2D eigenvalue weighted by Gasteiger charge is 2.34. The molecule has 1 amide bonds. The molecule has 10 nitrogen and oxygen atoms in total. The van der Waals surface area contributed by atoms with Crippen LogP contribution in [0.1, 0.15) is 24.8 Å². The van der Waals surface area contributed by atoms with E-state index in [0.29, 0.717) is 12.8 Å². The molecule has 3 aromatic rings. The molecule has 0 aromatic carbocycles. The highest BCUT2D eigenvalue weighted by molar-refractivity contribution is 6.23. The fraction of sp³-hybridized carbons (Fsp3) is 0.292. The molecule has 180 valence electrons. The van der Waals surface area contributed by atoms with Gasteiger partial charge in [-0.3, -0.25) is 15.1 Å². The number of nitriles is 1. The van der Waals surface area contributed by atoms with Gasteiger partial charge in [0.25, 0.3) is 5.91 Å². The van der Waals surface area contributed by atoms with E-state index in [1.165, 1.54) is 24.0 Å². The molecule has 35 heavy (non-hydrogen) atoms. The number of primary amides is 1. The number of H-pyrrole nitrogens is 1. The van der Waals surface area contributed by atoms with Gasteiger partial charge in [-0.2, -0.15) is 9.65 Å². The van der Waals surface area contributed by atoms with Gasteiger partial charge in [0.2, 0.25) is 5.95 Å². The molecule has 4 rings (SSSR count). The monoisotopic (exact) mass is 475 g/mol. The number of hydrogen-bond acceptors (Lipinski definition) is 7. The fourth-order valence-corrected chi connectivity index (χ4v) is 4.24. The average Bonchev–Trinajstić information content (AvgIpc) is 3.31. The molecular formula is C24H26FN9O. The lowest BCUT2D eigenvalue weighted by molar-refractivity contribution is -0.114. The van der Waals surface area contributed by atoms with Crippen LogP contribution in [0.3, 0.4) is 0 Å². The van der Waals surface area contributed by atoms with Gasteiger partial charge in [0.15, 0.2) is 0 Å². The van der Waals surface area contributed by atoms with Crippen LogP contribution in [0.25, 0.3) is 11.0 Å². The zero-order chi connectivity index (χ0) is 24.8. The smallest absolute Gasteiger partial charge is 0.253 e. The van der Waals surface area contributed by atoms with Crippen molar-refractivity contribution in [3.05, 3.63) is 66.1 Å². The van der Waals surface area contributed by atoms with E-state index in [4.69, 9.17) is 11.1 Å². The molecule has 0 atom stereocenters. The molecule has 0 radical (unpaired) electrons.